The van der Waals surface area contributed by atoms with Gasteiger partial charge in [0, 0.05) is 0 Å². The Kier molecular flexibility index (Phi) is 22.2. The Morgan fingerprint density at radius 1 is 0.327 bits per heavy atom. The van der Waals surface area contributed by atoms with Crippen molar-refractivity contribution in [2.75, 3.05) is 0 Å². The first-order chi connectivity index (χ1) is 25.8. The summed E-state index contributed by atoms with van der Waals surface area (Å²) in [5.74, 6) is 11.3. The minimum atomic E-state index is 0.522. The van der Waals surface area contributed by atoms with E-state index in [4.69, 9.17) is 0 Å². The molecule has 9 rings (SSSR count). The van der Waals surface area contributed by atoms with E-state index in [2.05, 4.69) is 132 Å². The molecule has 0 saturated heterocycles. The lowest BCUT2D eigenvalue weighted by Gasteiger charge is -2.45. The zero-order valence-electron chi connectivity index (χ0n) is 41.3. The van der Waals surface area contributed by atoms with Crippen molar-refractivity contribution >= 4 is 0 Å². The Bertz CT molecular complexity index is 1120. The van der Waals surface area contributed by atoms with E-state index in [0.29, 0.717) is 21.7 Å². The Labute approximate surface area is 349 Å². The van der Waals surface area contributed by atoms with Gasteiger partial charge >= 0.3 is 0 Å². The smallest absolute Gasteiger partial charge is 0.0194 e. The Morgan fingerprint density at radius 3 is 1.11 bits per heavy atom. The molecule has 55 heavy (non-hydrogen) atoms. The molecule has 0 aromatic heterocycles. The predicted molar refractivity (Wildman–Crippen MR) is 252 cm³/mol. The maximum atomic E-state index is 2.48. The van der Waals surface area contributed by atoms with Gasteiger partial charge in [0.05, 0.1) is 0 Å². The van der Waals surface area contributed by atoms with Gasteiger partial charge in [-0.3, -0.25) is 0 Å². The van der Waals surface area contributed by atoms with Gasteiger partial charge in [-0.2, -0.15) is 0 Å². The molecule has 9 aliphatic rings. The molecule has 9 aliphatic carbocycles. The fourth-order valence-electron chi connectivity index (χ4n) is 11.8. The quantitative estimate of drug-likeness (QED) is 0.216. The maximum absolute atomic E-state index is 2.48. The highest BCUT2D eigenvalue weighted by atomic mass is 14.5. The van der Waals surface area contributed by atoms with E-state index in [1.165, 1.54) is 70.6 Å². The lowest BCUT2D eigenvalue weighted by molar-refractivity contribution is 0.102. The van der Waals surface area contributed by atoms with Gasteiger partial charge in [-0.05, 0) is 163 Å². The highest BCUT2D eigenvalue weighted by Crippen LogP contribution is 2.52. The predicted octanol–water partition coefficient (Wildman–Crippen LogP) is 18.3. The Morgan fingerprint density at radius 2 is 0.745 bits per heavy atom. The van der Waals surface area contributed by atoms with Crippen LogP contribution in [0.25, 0.3) is 0 Å². The molecule has 8 bridgehead atoms. The number of hydrogen-bond donors (Lipinski definition) is 0. The Balaban J connectivity index is 0.000000345. The van der Waals surface area contributed by atoms with E-state index in [0.717, 1.165) is 71.0 Å². The monoisotopic (exact) mass is 763 g/mol. The molecule has 322 valence electrons. The molecule has 4 saturated carbocycles. The number of allylic oxidation sites excluding steroid dienone is 8. The van der Waals surface area contributed by atoms with Gasteiger partial charge in [0.1, 0.15) is 0 Å². The standard InChI is InChI=1S/3C12H20.C11H18.4C2H6/c1-12(2,3)11-8-9-4-6-10(11)7-5-9;2*1-12(2,3)11-8-9-5-4-6-10(11)7-9;1-11(2,3)10-7-8-4-5-9(10)6-8;4*1-2/h2*4,6,9-11H,5,7-8H2,1-3H3;4-5,9-11H,6-8H2,1-3H3;4-5,8-10H,6-7H2,1-3H3;4*1-2H3. The lowest BCUT2D eigenvalue weighted by Crippen LogP contribution is -2.35. The van der Waals surface area contributed by atoms with E-state index < -0.39 is 0 Å². The summed E-state index contributed by atoms with van der Waals surface area (Å²) in [6, 6.07) is 0. The van der Waals surface area contributed by atoms with E-state index in [1.807, 2.05) is 55.4 Å². The van der Waals surface area contributed by atoms with E-state index >= 15 is 0 Å². The number of rotatable bonds is 0. The van der Waals surface area contributed by atoms with Gasteiger partial charge in [-0.1, -0.05) is 187 Å². The summed E-state index contributed by atoms with van der Waals surface area (Å²) in [7, 11) is 0. The van der Waals surface area contributed by atoms with Crippen LogP contribution in [-0.2, 0) is 0 Å². The van der Waals surface area contributed by atoms with Gasteiger partial charge in [-0.15, -0.1) is 0 Å². The second-order valence-corrected chi connectivity index (χ2v) is 22.1. The highest BCUT2D eigenvalue weighted by molar-refractivity contribution is 5.12. The van der Waals surface area contributed by atoms with E-state index in [9.17, 15) is 0 Å². The molecule has 0 aromatic rings. The maximum Gasteiger partial charge on any atom is -0.0194 e. The largest absolute Gasteiger partial charge is 0.0880 e. The average Bonchev–Trinajstić information content (AvgIpc) is 3.95. The third kappa shape index (κ3) is 15.6. The second-order valence-electron chi connectivity index (χ2n) is 22.1. The van der Waals surface area contributed by atoms with Crippen molar-refractivity contribution in [3.05, 3.63) is 48.6 Å². The molecule has 12 atom stereocenters. The summed E-state index contributed by atoms with van der Waals surface area (Å²) in [5.41, 5.74) is 2.11. The molecule has 0 heterocycles. The minimum Gasteiger partial charge on any atom is -0.0880 e. The molecular formula is C55H102. The number of fused-ring (bicyclic) bond motifs is 8. The van der Waals surface area contributed by atoms with Gasteiger partial charge in [0.2, 0.25) is 0 Å². The summed E-state index contributed by atoms with van der Waals surface area (Å²) in [6.45, 7) is 44.7. The van der Waals surface area contributed by atoms with Crippen LogP contribution in [0.4, 0.5) is 0 Å². The van der Waals surface area contributed by atoms with Crippen LogP contribution >= 0.6 is 0 Å². The first-order valence-corrected chi connectivity index (χ1v) is 24.5. The third-order valence-corrected chi connectivity index (χ3v) is 14.4. The van der Waals surface area contributed by atoms with Crippen LogP contribution < -0.4 is 0 Å². The van der Waals surface area contributed by atoms with Gasteiger partial charge < -0.3 is 0 Å². The van der Waals surface area contributed by atoms with E-state index in [1.54, 1.807) is 0 Å². The van der Waals surface area contributed by atoms with Crippen molar-refractivity contribution in [1.82, 2.24) is 0 Å². The van der Waals surface area contributed by atoms with Gasteiger partial charge in [-0.25, -0.2) is 0 Å². The van der Waals surface area contributed by atoms with Crippen molar-refractivity contribution in [1.29, 1.82) is 0 Å². The zero-order chi connectivity index (χ0) is 42.4. The van der Waals surface area contributed by atoms with Crippen LogP contribution in [-0.4, -0.2) is 0 Å². The number of hydrogen-bond acceptors (Lipinski definition) is 0. The molecule has 0 nitrogen and oxygen atoms in total. The molecule has 0 aromatic carbocycles. The summed E-state index contributed by atoms with van der Waals surface area (Å²) in [5, 5.41) is 0. The van der Waals surface area contributed by atoms with Crippen LogP contribution in [0, 0.1) is 92.7 Å². The minimum absolute atomic E-state index is 0.522. The topological polar surface area (TPSA) is 0 Å². The molecule has 0 N–H and O–H groups in total. The van der Waals surface area contributed by atoms with Crippen LogP contribution in [0.15, 0.2) is 48.6 Å². The van der Waals surface area contributed by atoms with Crippen molar-refractivity contribution in [3.63, 3.8) is 0 Å². The van der Waals surface area contributed by atoms with Crippen molar-refractivity contribution in [3.8, 4) is 0 Å². The van der Waals surface area contributed by atoms with Crippen molar-refractivity contribution < 1.29 is 0 Å². The van der Waals surface area contributed by atoms with Gasteiger partial charge in [0.25, 0.3) is 0 Å². The van der Waals surface area contributed by atoms with Crippen LogP contribution in [0.5, 0.6) is 0 Å². The summed E-state index contributed by atoms with van der Waals surface area (Å²) < 4.78 is 0. The van der Waals surface area contributed by atoms with Crippen molar-refractivity contribution in [2.45, 2.75) is 209 Å². The molecule has 0 radical (unpaired) electrons. The van der Waals surface area contributed by atoms with Crippen LogP contribution in [0.2, 0.25) is 0 Å². The first-order valence-electron chi connectivity index (χ1n) is 24.5. The summed E-state index contributed by atoms with van der Waals surface area (Å²) in [6.07, 6.45) is 35.3. The summed E-state index contributed by atoms with van der Waals surface area (Å²) >= 11 is 0. The van der Waals surface area contributed by atoms with Gasteiger partial charge in [0.15, 0.2) is 0 Å². The second kappa shape index (κ2) is 23.5. The molecule has 0 heteroatoms. The third-order valence-electron chi connectivity index (χ3n) is 14.4. The average molecular weight is 763 g/mol. The fraction of sp³-hybridized carbons (Fsp3) is 0.855. The summed E-state index contributed by atoms with van der Waals surface area (Å²) in [4.78, 5) is 0. The first kappa shape index (κ1) is 52.0. The Hall–Kier alpha value is -1.04. The van der Waals surface area contributed by atoms with E-state index in [-0.39, 0.29) is 0 Å². The molecule has 12 unspecified atom stereocenters. The zero-order valence-corrected chi connectivity index (χ0v) is 41.3. The SMILES string of the molecule is CC.CC.CC.CC.CC(C)(C)C1CC2C=CC1C2.CC(C)(C)C1CC2C=CC1CC2.CC(C)(C)C1CC2C=CCC1C2.CC(C)(C)C1CC2CC=CC1C2. The van der Waals surface area contributed by atoms with Crippen LogP contribution in [0.1, 0.15) is 209 Å². The lowest BCUT2D eigenvalue weighted by atomic mass is 9.60. The molecule has 4 fully saturated rings. The fourth-order valence-corrected chi connectivity index (χ4v) is 11.8. The van der Waals surface area contributed by atoms with Crippen LogP contribution in [0.3, 0.4) is 0 Å². The van der Waals surface area contributed by atoms with Crippen molar-refractivity contribution in [2.24, 2.45) is 92.7 Å². The molecule has 0 amide bonds. The molecule has 0 aliphatic heterocycles. The normalized spacial score (nSPS) is 35.3. The molecule has 0 spiro atoms. The highest BCUT2D eigenvalue weighted by Gasteiger charge is 2.43. The molecular weight excluding hydrogens is 661 g/mol.